The number of halogens is 2. The van der Waals surface area contributed by atoms with E-state index in [1.807, 2.05) is 0 Å². The van der Waals surface area contributed by atoms with Crippen LogP contribution in [0.2, 0.25) is 0 Å². The monoisotopic (exact) mass is 281 g/mol. The van der Waals surface area contributed by atoms with Gasteiger partial charge in [0.25, 0.3) is 0 Å². The van der Waals surface area contributed by atoms with Crippen molar-refractivity contribution in [1.82, 2.24) is 4.98 Å². The summed E-state index contributed by atoms with van der Waals surface area (Å²) in [5.41, 5.74) is 5.50. The number of hydrogen-bond acceptors (Lipinski definition) is 4. The first-order chi connectivity index (χ1) is 7.63. The second kappa shape index (κ2) is 3.94. The van der Waals surface area contributed by atoms with Gasteiger partial charge in [-0.05, 0) is 28.1 Å². The number of nitriles is 1. The van der Waals surface area contributed by atoms with Gasteiger partial charge in [-0.3, -0.25) is 0 Å². The highest BCUT2D eigenvalue weighted by atomic mass is 79.9. The molecule has 0 fully saturated rings. The summed E-state index contributed by atoms with van der Waals surface area (Å²) in [4.78, 5) is 3.79. The summed E-state index contributed by atoms with van der Waals surface area (Å²) in [7, 11) is 0. The van der Waals surface area contributed by atoms with Crippen molar-refractivity contribution in [2.24, 2.45) is 0 Å². The van der Waals surface area contributed by atoms with Crippen LogP contribution in [0.15, 0.2) is 27.1 Å². The smallest absolute Gasteiger partial charge is 0.233 e. The third kappa shape index (κ3) is 1.66. The lowest BCUT2D eigenvalue weighted by atomic mass is 10.2. The van der Waals surface area contributed by atoms with Crippen LogP contribution in [0.4, 0.5) is 10.3 Å². The molecular formula is C10H5BrFN3O. The number of rotatable bonds is 1. The van der Waals surface area contributed by atoms with E-state index in [4.69, 9.17) is 15.4 Å². The molecule has 4 nitrogen and oxygen atoms in total. The Labute approximate surface area is 98.6 Å². The molecule has 0 atom stereocenters. The molecule has 0 unspecified atom stereocenters. The van der Waals surface area contributed by atoms with Crippen LogP contribution >= 0.6 is 15.9 Å². The molecule has 0 aliphatic carbocycles. The molecule has 6 heteroatoms. The Bertz CT molecular complexity index is 588. The average Bonchev–Trinajstić information content (AvgIpc) is 2.63. The van der Waals surface area contributed by atoms with Gasteiger partial charge in [0, 0.05) is 0 Å². The van der Waals surface area contributed by atoms with Crippen LogP contribution in [0.3, 0.4) is 0 Å². The number of nitrogens with two attached hydrogens (primary N) is 1. The van der Waals surface area contributed by atoms with Crippen molar-refractivity contribution in [2.75, 3.05) is 5.73 Å². The first-order valence-corrected chi connectivity index (χ1v) is 5.03. The molecule has 80 valence electrons. The van der Waals surface area contributed by atoms with Gasteiger partial charge in [-0.15, -0.1) is 0 Å². The maximum atomic E-state index is 13.7. The summed E-state index contributed by atoms with van der Waals surface area (Å²) in [6.07, 6.45) is 0. The summed E-state index contributed by atoms with van der Waals surface area (Å²) in [5, 5.41) is 8.65. The van der Waals surface area contributed by atoms with E-state index >= 15 is 0 Å². The van der Waals surface area contributed by atoms with E-state index in [0.29, 0.717) is 4.47 Å². The normalized spacial score (nSPS) is 10.1. The van der Waals surface area contributed by atoms with Gasteiger partial charge in [-0.25, -0.2) is 4.39 Å². The van der Waals surface area contributed by atoms with Crippen molar-refractivity contribution in [2.45, 2.75) is 0 Å². The fraction of sp³-hybridized carbons (Fsp3) is 0. The number of hydrogen-bond donors (Lipinski definition) is 1. The van der Waals surface area contributed by atoms with Crippen molar-refractivity contribution < 1.29 is 8.81 Å². The number of nitrogen functional groups attached to an aromatic ring is 1. The molecule has 0 aliphatic rings. The molecule has 0 saturated heterocycles. The summed E-state index contributed by atoms with van der Waals surface area (Å²) in [5.74, 6) is -0.627. The molecule has 2 rings (SSSR count). The van der Waals surface area contributed by atoms with E-state index in [1.165, 1.54) is 6.07 Å². The maximum absolute atomic E-state index is 13.7. The Kier molecular flexibility index (Phi) is 2.62. The highest BCUT2D eigenvalue weighted by molar-refractivity contribution is 9.10. The second-order valence-electron chi connectivity index (χ2n) is 2.95. The predicted molar refractivity (Wildman–Crippen MR) is 58.7 cm³/mol. The Morgan fingerprint density at radius 1 is 1.50 bits per heavy atom. The van der Waals surface area contributed by atoms with Gasteiger partial charge < -0.3 is 10.2 Å². The zero-order valence-corrected chi connectivity index (χ0v) is 9.45. The lowest BCUT2D eigenvalue weighted by Crippen LogP contribution is -1.86. The lowest BCUT2D eigenvalue weighted by molar-refractivity contribution is 0.575. The van der Waals surface area contributed by atoms with Crippen molar-refractivity contribution in [3.05, 3.63) is 34.2 Å². The number of oxazole rings is 1. The van der Waals surface area contributed by atoms with Crippen LogP contribution in [0.25, 0.3) is 11.5 Å². The van der Waals surface area contributed by atoms with Gasteiger partial charge in [0.2, 0.25) is 17.5 Å². The van der Waals surface area contributed by atoms with Crippen LogP contribution in [-0.4, -0.2) is 4.98 Å². The Hall–Kier alpha value is -1.87. The Morgan fingerprint density at radius 2 is 2.25 bits per heavy atom. The van der Waals surface area contributed by atoms with Gasteiger partial charge in [0.15, 0.2) is 0 Å². The predicted octanol–water partition coefficient (Wildman–Crippen LogP) is 2.70. The second-order valence-corrected chi connectivity index (χ2v) is 3.80. The van der Waals surface area contributed by atoms with E-state index in [0.717, 1.165) is 0 Å². The third-order valence-electron chi connectivity index (χ3n) is 1.94. The molecule has 2 N–H and O–H groups in total. The first-order valence-electron chi connectivity index (χ1n) is 4.24. The standard InChI is InChI=1S/C10H5BrFN3O/c11-6-3-1-2-5(8(6)12)10-15-7(4-13)9(14)16-10/h1-3H,14H2. The molecular weight excluding hydrogens is 277 g/mol. The average molecular weight is 282 g/mol. The Morgan fingerprint density at radius 3 is 2.88 bits per heavy atom. The van der Waals surface area contributed by atoms with E-state index in [2.05, 4.69) is 20.9 Å². The summed E-state index contributed by atoms with van der Waals surface area (Å²) in [6, 6.07) is 6.43. The van der Waals surface area contributed by atoms with Crippen molar-refractivity contribution in [3.63, 3.8) is 0 Å². The SMILES string of the molecule is N#Cc1nc(-c2cccc(Br)c2F)oc1N. The minimum Gasteiger partial charge on any atom is -0.419 e. The molecule has 0 bridgehead atoms. The van der Waals surface area contributed by atoms with Gasteiger partial charge in [-0.1, -0.05) is 6.07 Å². The zero-order chi connectivity index (χ0) is 11.7. The minimum atomic E-state index is -0.506. The molecule has 0 spiro atoms. The topological polar surface area (TPSA) is 75.8 Å². The van der Waals surface area contributed by atoms with E-state index < -0.39 is 5.82 Å². The maximum Gasteiger partial charge on any atom is 0.233 e. The van der Waals surface area contributed by atoms with Crippen molar-refractivity contribution >= 4 is 21.8 Å². The van der Waals surface area contributed by atoms with Crippen LogP contribution in [0.5, 0.6) is 0 Å². The number of anilines is 1. The van der Waals surface area contributed by atoms with E-state index in [9.17, 15) is 4.39 Å². The van der Waals surface area contributed by atoms with Gasteiger partial charge in [0.1, 0.15) is 11.9 Å². The third-order valence-corrected chi connectivity index (χ3v) is 2.55. The van der Waals surface area contributed by atoms with Crippen LogP contribution in [0, 0.1) is 17.1 Å². The molecule has 0 radical (unpaired) electrons. The molecule has 1 aromatic carbocycles. The zero-order valence-electron chi connectivity index (χ0n) is 7.87. The van der Waals surface area contributed by atoms with Crippen LogP contribution < -0.4 is 5.73 Å². The van der Waals surface area contributed by atoms with E-state index in [-0.39, 0.29) is 23.0 Å². The molecule has 0 saturated carbocycles. The summed E-state index contributed by atoms with van der Waals surface area (Å²) >= 11 is 3.05. The fourth-order valence-electron chi connectivity index (χ4n) is 1.20. The first kappa shape index (κ1) is 10.6. The highest BCUT2D eigenvalue weighted by Crippen LogP contribution is 2.29. The van der Waals surface area contributed by atoms with E-state index in [1.54, 1.807) is 18.2 Å². The van der Waals surface area contributed by atoms with Gasteiger partial charge in [0.05, 0.1) is 10.0 Å². The quantitative estimate of drug-likeness (QED) is 0.872. The van der Waals surface area contributed by atoms with Crippen LogP contribution in [0.1, 0.15) is 5.69 Å². The van der Waals surface area contributed by atoms with Gasteiger partial charge >= 0.3 is 0 Å². The van der Waals surface area contributed by atoms with Crippen molar-refractivity contribution in [3.8, 4) is 17.5 Å². The molecule has 0 amide bonds. The Balaban J connectivity index is 2.60. The lowest BCUT2D eigenvalue weighted by Gasteiger charge is -1.99. The molecule has 1 aromatic heterocycles. The van der Waals surface area contributed by atoms with Crippen molar-refractivity contribution in [1.29, 1.82) is 5.26 Å². The molecule has 1 heterocycles. The van der Waals surface area contributed by atoms with Crippen LogP contribution in [-0.2, 0) is 0 Å². The number of aromatic nitrogens is 1. The highest BCUT2D eigenvalue weighted by Gasteiger charge is 2.16. The molecule has 16 heavy (non-hydrogen) atoms. The fourth-order valence-corrected chi connectivity index (χ4v) is 1.56. The largest absolute Gasteiger partial charge is 0.419 e. The summed E-state index contributed by atoms with van der Waals surface area (Å²) in [6.45, 7) is 0. The molecule has 2 aromatic rings. The number of nitrogens with zero attached hydrogens (tertiary/aromatic N) is 2. The minimum absolute atomic E-state index is 0.00662. The van der Waals surface area contributed by atoms with Gasteiger partial charge in [-0.2, -0.15) is 10.2 Å². The molecule has 0 aliphatic heterocycles. The number of benzene rings is 1. The summed E-state index contributed by atoms with van der Waals surface area (Å²) < 4.78 is 19.0.